The van der Waals surface area contributed by atoms with E-state index in [0.29, 0.717) is 6.04 Å². The molecule has 2 heterocycles. The number of nitrogens with one attached hydrogen (secondary N) is 1. The molecule has 0 saturated carbocycles. The van der Waals surface area contributed by atoms with Crippen LogP contribution in [0, 0.1) is 0 Å². The van der Waals surface area contributed by atoms with Gasteiger partial charge in [-0.15, -0.1) is 0 Å². The van der Waals surface area contributed by atoms with Gasteiger partial charge in [0.2, 0.25) is 0 Å². The monoisotopic (exact) mass is 258 g/mol. The number of anilines is 1. The van der Waals surface area contributed by atoms with E-state index in [0.717, 1.165) is 6.04 Å². The van der Waals surface area contributed by atoms with Gasteiger partial charge in [-0.05, 0) is 57.2 Å². The van der Waals surface area contributed by atoms with Crippen molar-refractivity contribution in [2.24, 2.45) is 0 Å². The summed E-state index contributed by atoms with van der Waals surface area (Å²) < 4.78 is 0. The topological polar surface area (TPSA) is 15.3 Å². The van der Waals surface area contributed by atoms with E-state index < -0.39 is 0 Å². The number of para-hydroxylation sites is 1. The predicted molar refractivity (Wildman–Crippen MR) is 81.8 cm³/mol. The highest BCUT2D eigenvalue weighted by molar-refractivity contribution is 5.59. The Morgan fingerprint density at radius 1 is 1.26 bits per heavy atom. The third kappa shape index (κ3) is 2.94. The number of benzene rings is 1. The largest absolute Gasteiger partial charge is 0.368 e. The average molecular weight is 258 g/mol. The van der Waals surface area contributed by atoms with Gasteiger partial charge in [-0.2, -0.15) is 0 Å². The molecule has 19 heavy (non-hydrogen) atoms. The van der Waals surface area contributed by atoms with Crippen LogP contribution in [-0.4, -0.2) is 25.2 Å². The number of piperidine rings is 1. The van der Waals surface area contributed by atoms with Crippen LogP contribution in [0.3, 0.4) is 0 Å². The highest BCUT2D eigenvalue weighted by Crippen LogP contribution is 2.31. The second-order valence-corrected chi connectivity index (χ2v) is 6.16. The molecule has 1 fully saturated rings. The number of nitrogens with zero attached hydrogens (tertiary/aromatic N) is 1. The Balaban J connectivity index is 1.52. The van der Waals surface area contributed by atoms with E-state index >= 15 is 0 Å². The molecule has 3 rings (SSSR count). The maximum atomic E-state index is 3.66. The zero-order chi connectivity index (χ0) is 13.1. The maximum Gasteiger partial charge on any atom is 0.0402 e. The van der Waals surface area contributed by atoms with E-state index in [9.17, 15) is 0 Å². The van der Waals surface area contributed by atoms with Gasteiger partial charge < -0.3 is 10.2 Å². The van der Waals surface area contributed by atoms with Crippen LogP contribution in [0.2, 0.25) is 0 Å². The van der Waals surface area contributed by atoms with Gasteiger partial charge in [0, 0.05) is 24.3 Å². The van der Waals surface area contributed by atoms with Crippen molar-refractivity contribution in [1.82, 2.24) is 5.32 Å². The molecule has 2 aliphatic rings. The first kappa shape index (κ1) is 13.0. The molecule has 0 radical (unpaired) electrons. The van der Waals surface area contributed by atoms with Crippen LogP contribution in [-0.2, 0) is 6.42 Å². The molecule has 1 aromatic carbocycles. The van der Waals surface area contributed by atoms with Crippen LogP contribution in [0.25, 0.3) is 0 Å². The summed E-state index contributed by atoms with van der Waals surface area (Å²) >= 11 is 0. The van der Waals surface area contributed by atoms with Crippen LogP contribution < -0.4 is 10.2 Å². The van der Waals surface area contributed by atoms with Gasteiger partial charge in [0.15, 0.2) is 0 Å². The Morgan fingerprint density at radius 2 is 2.16 bits per heavy atom. The molecule has 2 nitrogen and oxygen atoms in total. The molecular weight excluding hydrogens is 232 g/mol. The Labute approximate surface area is 117 Å². The summed E-state index contributed by atoms with van der Waals surface area (Å²) in [5, 5.41) is 3.66. The molecule has 0 aliphatic carbocycles. The van der Waals surface area contributed by atoms with Crippen LogP contribution in [0.5, 0.6) is 0 Å². The third-order valence-corrected chi connectivity index (χ3v) is 4.71. The third-order valence-electron chi connectivity index (χ3n) is 4.71. The van der Waals surface area contributed by atoms with E-state index in [2.05, 4.69) is 41.4 Å². The maximum absolute atomic E-state index is 3.66. The van der Waals surface area contributed by atoms with Gasteiger partial charge >= 0.3 is 0 Å². The summed E-state index contributed by atoms with van der Waals surface area (Å²) in [5.74, 6) is 0. The Bertz CT molecular complexity index is 409. The van der Waals surface area contributed by atoms with Crippen LogP contribution in [0.1, 0.15) is 44.6 Å². The normalized spacial score (nSPS) is 26.5. The number of hydrogen-bond acceptors (Lipinski definition) is 2. The SMILES string of the molecule is CC1Cc2ccccc2N1CCCC1CCCCN1. The first-order chi connectivity index (χ1) is 9.34. The van der Waals surface area contributed by atoms with Crippen LogP contribution in [0.15, 0.2) is 24.3 Å². The smallest absolute Gasteiger partial charge is 0.0402 e. The molecule has 0 amide bonds. The van der Waals surface area contributed by atoms with Crippen molar-refractivity contribution in [2.45, 2.75) is 57.5 Å². The van der Waals surface area contributed by atoms with E-state index in [-0.39, 0.29) is 0 Å². The molecule has 2 heteroatoms. The summed E-state index contributed by atoms with van der Waals surface area (Å²) in [4.78, 5) is 2.61. The van der Waals surface area contributed by atoms with Gasteiger partial charge in [0.25, 0.3) is 0 Å². The van der Waals surface area contributed by atoms with E-state index in [1.54, 1.807) is 0 Å². The lowest BCUT2D eigenvalue weighted by Crippen LogP contribution is -2.35. The van der Waals surface area contributed by atoms with Gasteiger partial charge in [-0.3, -0.25) is 0 Å². The Kier molecular flexibility index (Phi) is 4.07. The second kappa shape index (κ2) is 5.96. The molecule has 1 N–H and O–H groups in total. The Morgan fingerprint density at radius 3 is 3.00 bits per heavy atom. The van der Waals surface area contributed by atoms with Crippen molar-refractivity contribution >= 4 is 5.69 Å². The number of fused-ring (bicyclic) bond motifs is 1. The zero-order valence-electron chi connectivity index (χ0n) is 12.1. The molecule has 2 aliphatic heterocycles. The lowest BCUT2D eigenvalue weighted by atomic mass is 10.0. The van der Waals surface area contributed by atoms with Crippen molar-refractivity contribution in [1.29, 1.82) is 0 Å². The van der Waals surface area contributed by atoms with Crippen molar-refractivity contribution in [3.05, 3.63) is 29.8 Å². The highest BCUT2D eigenvalue weighted by Gasteiger charge is 2.25. The molecule has 2 atom stereocenters. The van der Waals surface area contributed by atoms with Gasteiger partial charge in [0.05, 0.1) is 0 Å². The first-order valence-electron chi connectivity index (χ1n) is 7.92. The Hall–Kier alpha value is -1.02. The first-order valence-corrected chi connectivity index (χ1v) is 7.92. The number of rotatable bonds is 4. The summed E-state index contributed by atoms with van der Waals surface area (Å²) in [6, 6.07) is 10.4. The molecular formula is C17H26N2. The summed E-state index contributed by atoms with van der Waals surface area (Å²) in [6.45, 7) is 4.81. The highest BCUT2D eigenvalue weighted by atomic mass is 15.2. The van der Waals surface area contributed by atoms with Gasteiger partial charge in [-0.25, -0.2) is 0 Å². The lowest BCUT2D eigenvalue weighted by molar-refractivity contribution is 0.375. The summed E-state index contributed by atoms with van der Waals surface area (Å²) in [6.07, 6.45) is 8.04. The minimum absolute atomic E-state index is 0.678. The fourth-order valence-electron chi connectivity index (χ4n) is 3.65. The summed E-state index contributed by atoms with van der Waals surface area (Å²) in [5.41, 5.74) is 3.01. The van der Waals surface area contributed by atoms with E-state index in [1.165, 1.54) is 62.9 Å². The molecule has 2 unspecified atom stereocenters. The molecule has 104 valence electrons. The van der Waals surface area contributed by atoms with Crippen LogP contribution >= 0.6 is 0 Å². The molecule has 1 saturated heterocycles. The fraction of sp³-hybridized carbons (Fsp3) is 0.647. The lowest BCUT2D eigenvalue weighted by Gasteiger charge is -2.27. The summed E-state index contributed by atoms with van der Waals surface area (Å²) in [7, 11) is 0. The average Bonchev–Trinajstić information content (AvgIpc) is 2.76. The van der Waals surface area contributed by atoms with Crippen LogP contribution in [0.4, 0.5) is 5.69 Å². The second-order valence-electron chi connectivity index (χ2n) is 6.16. The standard InChI is InChI=1S/C17H26N2/c1-14-13-15-7-2-3-10-17(15)19(14)12-6-9-16-8-4-5-11-18-16/h2-3,7,10,14,16,18H,4-6,8-9,11-13H2,1H3. The fourth-order valence-corrected chi connectivity index (χ4v) is 3.65. The minimum Gasteiger partial charge on any atom is -0.368 e. The van der Waals surface area contributed by atoms with E-state index in [4.69, 9.17) is 0 Å². The minimum atomic E-state index is 0.678. The van der Waals surface area contributed by atoms with Crippen molar-refractivity contribution in [3.8, 4) is 0 Å². The van der Waals surface area contributed by atoms with Crippen molar-refractivity contribution in [2.75, 3.05) is 18.0 Å². The number of hydrogen-bond donors (Lipinski definition) is 1. The van der Waals surface area contributed by atoms with Gasteiger partial charge in [0.1, 0.15) is 0 Å². The molecule has 0 spiro atoms. The zero-order valence-corrected chi connectivity index (χ0v) is 12.1. The van der Waals surface area contributed by atoms with Crippen molar-refractivity contribution < 1.29 is 0 Å². The molecule has 0 bridgehead atoms. The predicted octanol–water partition coefficient (Wildman–Crippen LogP) is 3.36. The van der Waals surface area contributed by atoms with Gasteiger partial charge in [-0.1, -0.05) is 24.6 Å². The quantitative estimate of drug-likeness (QED) is 0.891. The van der Waals surface area contributed by atoms with E-state index in [1.807, 2.05) is 0 Å². The molecule has 0 aromatic heterocycles. The molecule has 1 aromatic rings. The van der Waals surface area contributed by atoms with Crippen molar-refractivity contribution in [3.63, 3.8) is 0 Å².